The smallest absolute Gasteiger partial charge is 0.336 e. The van der Waals surface area contributed by atoms with Gasteiger partial charge in [0.2, 0.25) is 5.91 Å². The van der Waals surface area contributed by atoms with Crippen molar-refractivity contribution in [1.29, 1.82) is 0 Å². The summed E-state index contributed by atoms with van der Waals surface area (Å²) in [5, 5.41) is 8.40. The highest BCUT2D eigenvalue weighted by molar-refractivity contribution is 6.00. The van der Waals surface area contributed by atoms with Crippen molar-refractivity contribution >= 4 is 23.4 Å². The number of hydrogen-bond donors (Lipinski definition) is 1. The number of rotatable bonds is 5. The van der Waals surface area contributed by atoms with Crippen molar-refractivity contribution in [2.24, 2.45) is 10.4 Å². The van der Waals surface area contributed by atoms with Crippen LogP contribution in [0.2, 0.25) is 0 Å². The van der Waals surface area contributed by atoms with Crippen molar-refractivity contribution in [2.45, 2.75) is 84.2 Å². The molecule has 37 heavy (non-hydrogen) atoms. The van der Waals surface area contributed by atoms with Gasteiger partial charge < -0.3 is 15.0 Å². The van der Waals surface area contributed by atoms with E-state index in [0.29, 0.717) is 24.2 Å². The summed E-state index contributed by atoms with van der Waals surface area (Å²) in [6, 6.07) is 0.818. The lowest BCUT2D eigenvalue weighted by atomic mass is 9.71. The summed E-state index contributed by atoms with van der Waals surface area (Å²) in [4.78, 5) is 32.0. The number of fused-ring (bicyclic) bond motifs is 1. The van der Waals surface area contributed by atoms with Crippen LogP contribution in [0.3, 0.4) is 0 Å². The van der Waals surface area contributed by atoms with Crippen LogP contribution in [0.15, 0.2) is 40.2 Å². The third kappa shape index (κ3) is 4.37. The normalized spacial score (nSPS) is 29.9. The molecule has 1 saturated heterocycles. The zero-order valence-electron chi connectivity index (χ0n) is 22.1. The molecular weight excluding hydrogens is 468 g/mol. The molecule has 5 heterocycles. The van der Waals surface area contributed by atoms with Crippen LogP contribution in [-0.4, -0.2) is 58.1 Å². The molecular formula is C28H37N6O3+. The molecule has 0 radical (unpaired) electrons. The fourth-order valence-electron chi connectivity index (χ4n) is 6.29. The first kappa shape index (κ1) is 24.3. The molecule has 0 bridgehead atoms. The molecule has 9 heteroatoms. The van der Waals surface area contributed by atoms with E-state index in [1.54, 1.807) is 6.92 Å². The molecule has 196 valence electrons. The van der Waals surface area contributed by atoms with Crippen molar-refractivity contribution < 1.29 is 19.0 Å². The van der Waals surface area contributed by atoms with Gasteiger partial charge in [-0.1, -0.05) is 6.08 Å². The SMILES string of the molecule is CC1=NC([n+]2cc3n(n2)C3C)=CCCCC=C1CNC1CCC2(CC1)CCN(C1=C(C)C(=O)OC1)C2=O. The zero-order valence-corrected chi connectivity index (χ0v) is 22.1. The van der Waals surface area contributed by atoms with E-state index < -0.39 is 0 Å². The van der Waals surface area contributed by atoms with Gasteiger partial charge in [0.15, 0.2) is 11.7 Å². The van der Waals surface area contributed by atoms with Gasteiger partial charge in [-0.3, -0.25) is 4.79 Å². The standard InChI is InChI=1S/C28H37N6O3/c1-18-24(17-37-26(18)35)32-14-13-28(27(32)36)11-9-22(10-12-28)29-15-21-7-5-4-6-8-25(30-19(21)2)33-16-23-20(3)34(23)31-33/h7-8,16,20,22,29H,4-6,9-15,17H2,1-3H3/q+1. The number of likely N-dealkylation sites (tertiary alicyclic amines) is 1. The minimum Gasteiger partial charge on any atom is -0.456 e. The van der Waals surface area contributed by atoms with E-state index in [4.69, 9.17) is 9.73 Å². The van der Waals surface area contributed by atoms with E-state index in [2.05, 4.69) is 42.7 Å². The van der Waals surface area contributed by atoms with E-state index in [0.717, 1.165) is 75.1 Å². The first-order valence-electron chi connectivity index (χ1n) is 13.8. The van der Waals surface area contributed by atoms with Crippen LogP contribution in [0.5, 0.6) is 0 Å². The quantitative estimate of drug-likeness (QED) is 0.491. The molecule has 1 aromatic rings. The average molecular weight is 506 g/mol. The van der Waals surface area contributed by atoms with E-state index in [9.17, 15) is 9.59 Å². The second-order valence-corrected chi connectivity index (χ2v) is 11.2. The number of carbonyl (C=O) groups excluding carboxylic acids is 2. The Hall–Kier alpha value is -3.07. The van der Waals surface area contributed by atoms with Crippen molar-refractivity contribution in [3.8, 4) is 0 Å². The first-order chi connectivity index (χ1) is 17.9. The third-order valence-electron chi connectivity index (χ3n) is 8.99. The average Bonchev–Trinajstić information content (AvgIpc) is 3.27. The van der Waals surface area contributed by atoms with Crippen LogP contribution in [0.25, 0.3) is 5.82 Å². The van der Waals surface area contributed by atoms with E-state index >= 15 is 0 Å². The Bertz CT molecular complexity index is 1240. The van der Waals surface area contributed by atoms with Crippen molar-refractivity contribution in [3.63, 3.8) is 0 Å². The lowest BCUT2D eigenvalue weighted by molar-refractivity contribution is -0.650. The molecule has 1 N–H and O–H groups in total. The summed E-state index contributed by atoms with van der Waals surface area (Å²) < 4.78 is 9.09. The first-order valence-corrected chi connectivity index (χ1v) is 13.8. The fraction of sp³-hybridized carbons (Fsp3) is 0.607. The summed E-state index contributed by atoms with van der Waals surface area (Å²) in [6.45, 7) is 7.71. The zero-order chi connectivity index (χ0) is 25.7. The van der Waals surface area contributed by atoms with Crippen LogP contribution in [0.4, 0.5) is 0 Å². The van der Waals surface area contributed by atoms with Crippen LogP contribution in [0.1, 0.15) is 83.9 Å². The largest absolute Gasteiger partial charge is 0.456 e. The molecule has 9 nitrogen and oxygen atoms in total. The number of aliphatic imine (C=N–C) groups is 1. The molecule has 4 aliphatic heterocycles. The number of esters is 1. The van der Waals surface area contributed by atoms with E-state index in [-0.39, 0.29) is 23.9 Å². The number of nitrogens with one attached hydrogen (secondary N) is 1. The highest BCUT2D eigenvalue weighted by atomic mass is 16.5. The number of nitrogens with zero attached hydrogens (tertiary/aromatic N) is 5. The van der Waals surface area contributed by atoms with Crippen LogP contribution < -0.4 is 10.00 Å². The monoisotopic (exact) mass is 505 g/mol. The predicted octanol–water partition coefficient (Wildman–Crippen LogP) is 3.04. The summed E-state index contributed by atoms with van der Waals surface area (Å²) in [6.07, 6.45) is 14.3. The van der Waals surface area contributed by atoms with Gasteiger partial charge in [-0.15, -0.1) is 9.67 Å². The molecule has 1 atom stereocenters. The minimum absolute atomic E-state index is 0.186. The molecule has 1 unspecified atom stereocenters. The summed E-state index contributed by atoms with van der Waals surface area (Å²) in [7, 11) is 0. The molecule has 6 rings (SSSR count). The predicted molar refractivity (Wildman–Crippen MR) is 138 cm³/mol. The van der Waals surface area contributed by atoms with Crippen LogP contribution in [-0.2, 0) is 14.3 Å². The summed E-state index contributed by atoms with van der Waals surface area (Å²) >= 11 is 0. The van der Waals surface area contributed by atoms with E-state index in [1.807, 2.05) is 14.3 Å². The molecule has 1 spiro atoms. The number of allylic oxidation sites excluding steroid dienone is 2. The maximum absolute atomic E-state index is 13.4. The van der Waals surface area contributed by atoms with Crippen LogP contribution in [0, 0.1) is 5.41 Å². The topological polar surface area (TPSA) is 92.7 Å². The fourth-order valence-corrected chi connectivity index (χ4v) is 6.29. The lowest BCUT2D eigenvalue weighted by Gasteiger charge is -2.36. The van der Waals surface area contributed by atoms with Gasteiger partial charge in [0.05, 0.1) is 16.7 Å². The molecule has 5 aliphatic rings. The molecule has 1 aromatic heterocycles. The second-order valence-electron chi connectivity index (χ2n) is 11.2. The Morgan fingerprint density at radius 2 is 1.95 bits per heavy atom. The number of carbonyl (C=O) groups is 2. The molecule has 1 saturated carbocycles. The van der Waals surface area contributed by atoms with Crippen molar-refractivity contribution in [1.82, 2.24) is 20.1 Å². The maximum atomic E-state index is 13.4. The Morgan fingerprint density at radius 3 is 2.65 bits per heavy atom. The molecule has 0 aromatic carbocycles. The van der Waals surface area contributed by atoms with Gasteiger partial charge in [0.1, 0.15) is 18.5 Å². The van der Waals surface area contributed by atoms with Crippen molar-refractivity contribution in [2.75, 3.05) is 19.7 Å². The Kier molecular flexibility index (Phi) is 6.13. The second kappa shape index (κ2) is 9.35. The summed E-state index contributed by atoms with van der Waals surface area (Å²) in [5.74, 6) is 0.791. The van der Waals surface area contributed by atoms with Crippen LogP contribution >= 0.6 is 0 Å². The van der Waals surface area contributed by atoms with Gasteiger partial charge in [-0.05, 0) is 83.8 Å². The van der Waals surface area contributed by atoms with E-state index in [1.165, 1.54) is 11.3 Å². The van der Waals surface area contributed by atoms with Gasteiger partial charge in [-0.25, -0.2) is 4.79 Å². The van der Waals surface area contributed by atoms with Gasteiger partial charge in [0.25, 0.3) is 5.82 Å². The highest BCUT2D eigenvalue weighted by Crippen LogP contribution is 2.46. The summed E-state index contributed by atoms with van der Waals surface area (Å²) in [5.41, 5.74) is 4.59. The van der Waals surface area contributed by atoms with Gasteiger partial charge in [0, 0.05) is 24.3 Å². The maximum Gasteiger partial charge on any atom is 0.336 e. The number of cyclic esters (lactones) is 1. The number of hydrogen-bond acceptors (Lipinski definition) is 6. The molecule has 1 amide bonds. The Labute approximate surface area is 217 Å². The molecule has 1 aliphatic carbocycles. The lowest BCUT2D eigenvalue weighted by Crippen LogP contribution is -2.42. The third-order valence-corrected chi connectivity index (χ3v) is 8.99. The van der Waals surface area contributed by atoms with Gasteiger partial charge >= 0.3 is 5.97 Å². The minimum atomic E-state index is -0.298. The number of amides is 1. The Balaban J connectivity index is 1.06. The molecule has 2 fully saturated rings. The number of aromatic nitrogens is 3. The van der Waals surface area contributed by atoms with Gasteiger partial charge in [-0.2, -0.15) is 4.68 Å². The Morgan fingerprint density at radius 1 is 1.16 bits per heavy atom. The number of ether oxygens (including phenoxy) is 1. The highest BCUT2D eigenvalue weighted by Gasteiger charge is 2.50. The van der Waals surface area contributed by atoms with Crippen molar-refractivity contribution in [3.05, 3.63) is 40.9 Å².